The number of rotatable bonds is 21. The average molecular weight is 753 g/mol. The van der Waals surface area contributed by atoms with Crippen LogP contribution >= 0.6 is 0 Å². The van der Waals surface area contributed by atoms with Gasteiger partial charge in [-0.25, -0.2) is 26.4 Å². The van der Waals surface area contributed by atoms with E-state index in [0.29, 0.717) is 12.8 Å². The smallest absolute Gasteiger partial charge is 0.337 e. The van der Waals surface area contributed by atoms with Crippen molar-refractivity contribution in [1.82, 2.24) is 0 Å². The predicted molar refractivity (Wildman–Crippen MR) is 199 cm³/mol. The van der Waals surface area contributed by atoms with Crippen LogP contribution in [0.3, 0.4) is 0 Å². The molecule has 0 fully saturated rings. The number of hydrogen-bond acceptors (Lipinski definition) is 8. The average Bonchev–Trinajstić information content (AvgIpc) is 3.12. The molecule has 278 valence electrons. The molecule has 0 heterocycles. The fourth-order valence-corrected chi connectivity index (χ4v) is 7.34. The molecule has 0 radical (unpaired) electrons. The lowest BCUT2D eigenvalue weighted by atomic mass is 10.1. The van der Waals surface area contributed by atoms with Crippen molar-refractivity contribution in [2.45, 2.75) is 75.0 Å². The predicted octanol–water partition coefficient (Wildman–Crippen LogP) is 7.61. The van der Waals surface area contributed by atoms with Crippen LogP contribution in [-0.2, 0) is 32.9 Å². The van der Waals surface area contributed by atoms with Crippen molar-refractivity contribution >= 4 is 43.4 Å². The molecule has 0 aromatic heterocycles. The Hall–Kier alpha value is -5.08. The molecule has 0 aliphatic carbocycles. The summed E-state index contributed by atoms with van der Waals surface area (Å²) in [6.07, 6.45) is 6.69. The SMILES string of the molecule is CCCCc1ccc(S(=O)(=O)Nc2ccc(OCCCCOc3ccc(NS(=O)(=O)c4ccc(CCCC)cc4)c(C(=O)O)c3)cc2C(=O)O)cc1. The van der Waals surface area contributed by atoms with E-state index in [1.54, 1.807) is 24.3 Å². The van der Waals surface area contributed by atoms with Crippen LogP contribution in [0.25, 0.3) is 0 Å². The Morgan fingerprint density at radius 2 is 0.923 bits per heavy atom. The first-order chi connectivity index (χ1) is 24.8. The van der Waals surface area contributed by atoms with E-state index in [4.69, 9.17) is 9.47 Å². The Balaban J connectivity index is 1.29. The monoisotopic (exact) mass is 752 g/mol. The fraction of sp³-hybridized carbons (Fsp3) is 0.316. The third kappa shape index (κ3) is 11.2. The highest BCUT2D eigenvalue weighted by Crippen LogP contribution is 2.27. The number of ether oxygens (including phenoxy) is 2. The van der Waals surface area contributed by atoms with Gasteiger partial charge in [-0.15, -0.1) is 0 Å². The first-order valence-electron chi connectivity index (χ1n) is 17.1. The quantitative estimate of drug-likeness (QED) is 0.0618. The summed E-state index contributed by atoms with van der Waals surface area (Å²) in [5.41, 5.74) is 1.29. The second-order valence-corrected chi connectivity index (χ2v) is 15.5. The van der Waals surface area contributed by atoms with Gasteiger partial charge in [0.1, 0.15) is 11.5 Å². The van der Waals surface area contributed by atoms with E-state index in [2.05, 4.69) is 23.3 Å². The van der Waals surface area contributed by atoms with Crippen LogP contribution in [0, 0.1) is 0 Å². The second kappa shape index (κ2) is 18.4. The molecule has 0 bridgehead atoms. The number of carbonyl (C=O) groups is 2. The largest absolute Gasteiger partial charge is 0.494 e. The van der Waals surface area contributed by atoms with Crippen LogP contribution in [0.2, 0.25) is 0 Å². The standard InChI is InChI=1S/C38H44N2O10S2/c1-3-5-9-27-11-17-31(18-12-27)51(45,46)39-35-21-15-29(25-33(35)37(41)42)49-23-7-8-24-50-30-16-22-36(34(26-30)38(43)44)40-52(47,48)32-19-13-28(14-20-32)10-6-4-2/h11-22,25-26,39-40H,3-10,23-24H2,1-2H3,(H,41,42)(H,43,44). The highest BCUT2D eigenvalue weighted by molar-refractivity contribution is 7.93. The Labute approximate surface area is 304 Å². The van der Waals surface area contributed by atoms with Gasteiger partial charge in [0.2, 0.25) is 0 Å². The summed E-state index contributed by atoms with van der Waals surface area (Å²) in [6, 6.07) is 21.1. The molecule has 0 saturated carbocycles. The highest BCUT2D eigenvalue weighted by Gasteiger charge is 2.21. The molecular weight excluding hydrogens is 709 g/mol. The van der Waals surface area contributed by atoms with Gasteiger partial charge in [0.25, 0.3) is 20.0 Å². The fourth-order valence-electron chi connectivity index (χ4n) is 5.18. The van der Waals surface area contributed by atoms with E-state index >= 15 is 0 Å². The Morgan fingerprint density at radius 3 is 1.25 bits per heavy atom. The third-order valence-electron chi connectivity index (χ3n) is 8.11. The number of carboxylic acid groups (broad SMARTS) is 2. The Kier molecular flexibility index (Phi) is 14.1. The number of unbranched alkanes of at least 4 members (excludes halogenated alkanes) is 3. The summed E-state index contributed by atoms with van der Waals surface area (Å²) in [5, 5.41) is 19.5. The Morgan fingerprint density at radius 1 is 0.558 bits per heavy atom. The van der Waals surface area contributed by atoms with Gasteiger partial charge in [-0.2, -0.15) is 0 Å². The zero-order valence-corrected chi connectivity index (χ0v) is 30.8. The van der Waals surface area contributed by atoms with E-state index in [-0.39, 0.29) is 57.0 Å². The van der Waals surface area contributed by atoms with Gasteiger partial charge in [-0.3, -0.25) is 9.44 Å². The van der Waals surface area contributed by atoms with E-state index in [9.17, 15) is 36.6 Å². The second-order valence-electron chi connectivity index (χ2n) is 12.1. The molecule has 0 aliphatic rings. The van der Waals surface area contributed by atoms with Crippen molar-refractivity contribution in [1.29, 1.82) is 0 Å². The maximum absolute atomic E-state index is 13.0. The van der Waals surface area contributed by atoms with Crippen molar-refractivity contribution < 1.29 is 46.1 Å². The van der Waals surface area contributed by atoms with Gasteiger partial charge in [0.05, 0.1) is 45.5 Å². The molecule has 0 aliphatic heterocycles. The minimum atomic E-state index is -4.03. The molecule has 4 aromatic rings. The van der Waals surface area contributed by atoms with E-state index in [0.717, 1.165) is 49.7 Å². The summed E-state index contributed by atoms with van der Waals surface area (Å²) in [6.45, 7) is 4.54. The van der Waals surface area contributed by atoms with E-state index in [1.165, 1.54) is 60.7 Å². The van der Waals surface area contributed by atoms with Crippen LogP contribution in [0.4, 0.5) is 11.4 Å². The maximum Gasteiger partial charge on any atom is 0.337 e. The van der Waals surface area contributed by atoms with Crippen molar-refractivity contribution in [3.63, 3.8) is 0 Å². The Bertz CT molecular complexity index is 1900. The van der Waals surface area contributed by atoms with Crippen LogP contribution < -0.4 is 18.9 Å². The molecule has 0 amide bonds. The number of nitrogens with one attached hydrogen (secondary N) is 2. The summed E-state index contributed by atoms with van der Waals surface area (Å²) in [5.74, 6) is -2.19. The number of benzene rings is 4. The number of aromatic carboxylic acids is 2. The molecule has 12 nitrogen and oxygen atoms in total. The van der Waals surface area contributed by atoms with Crippen molar-refractivity contribution in [2.24, 2.45) is 0 Å². The van der Waals surface area contributed by atoms with Crippen molar-refractivity contribution in [2.75, 3.05) is 22.7 Å². The van der Waals surface area contributed by atoms with Gasteiger partial charge >= 0.3 is 11.9 Å². The lowest BCUT2D eigenvalue weighted by Crippen LogP contribution is -2.16. The van der Waals surface area contributed by atoms with Gasteiger partial charge in [-0.05, 0) is 110 Å². The lowest BCUT2D eigenvalue weighted by molar-refractivity contribution is 0.0686. The molecule has 52 heavy (non-hydrogen) atoms. The zero-order chi connectivity index (χ0) is 37.7. The van der Waals surface area contributed by atoms with E-state index < -0.39 is 32.0 Å². The molecule has 0 saturated heterocycles. The molecule has 0 atom stereocenters. The summed E-state index contributed by atoms with van der Waals surface area (Å²) < 4.78 is 68.0. The number of hydrogen-bond donors (Lipinski definition) is 4. The first kappa shape index (κ1) is 39.7. The first-order valence-corrected chi connectivity index (χ1v) is 20.0. The van der Waals surface area contributed by atoms with Gasteiger partial charge in [-0.1, -0.05) is 51.0 Å². The van der Waals surface area contributed by atoms with E-state index in [1.807, 2.05) is 0 Å². The van der Waals surface area contributed by atoms with Crippen molar-refractivity contribution in [3.05, 3.63) is 107 Å². The number of carboxylic acids is 2. The molecule has 4 N–H and O–H groups in total. The van der Waals surface area contributed by atoms with Gasteiger partial charge in [0, 0.05) is 0 Å². The maximum atomic E-state index is 13.0. The lowest BCUT2D eigenvalue weighted by Gasteiger charge is -2.14. The third-order valence-corrected chi connectivity index (χ3v) is 10.9. The summed E-state index contributed by atoms with van der Waals surface area (Å²) >= 11 is 0. The molecule has 4 rings (SSSR count). The molecule has 0 unspecified atom stereocenters. The molecule has 4 aromatic carbocycles. The van der Waals surface area contributed by atoms with Gasteiger partial charge in [0.15, 0.2) is 0 Å². The number of aryl methyl sites for hydroxylation is 2. The summed E-state index contributed by atoms with van der Waals surface area (Å²) in [7, 11) is -8.07. The van der Waals surface area contributed by atoms with Gasteiger partial charge < -0.3 is 19.7 Å². The molecular formula is C38H44N2O10S2. The van der Waals surface area contributed by atoms with Crippen LogP contribution in [-0.4, -0.2) is 52.2 Å². The molecule has 14 heteroatoms. The number of anilines is 2. The van der Waals surface area contributed by atoms with Crippen LogP contribution in [0.5, 0.6) is 11.5 Å². The minimum Gasteiger partial charge on any atom is -0.494 e. The topological polar surface area (TPSA) is 185 Å². The van der Waals surface area contributed by atoms with Crippen LogP contribution in [0.15, 0.2) is 94.7 Å². The summed E-state index contributed by atoms with van der Waals surface area (Å²) in [4.78, 5) is 24.0. The van der Waals surface area contributed by atoms with Crippen molar-refractivity contribution in [3.8, 4) is 11.5 Å². The minimum absolute atomic E-state index is 0.0190. The van der Waals surface area contributed by atoms with Crippen LogP contribution in [0.1, 0.15) is 84.2 Å². The molecule has 0 spiro atoms. The zero-order valence-electron chi connectivity index (χ0n) is 29.1. The highest BCUT2D eigenvalue weighted by atomic mass is 32.2. The normalized spacial score (nSPS) is 11.5. The number of sulfonamides is 2.